The first-order valence-corrected chi connectivity index (χ1v) is 10.6. The summed E-state index contributed by atoms with van der Waals surface area (Å²) in [5.41, 5.74) is 0.592. The molecule has 0 aromatic heterocycles. The van der Waals surface area contributed by atoms with Gasteiger partial charge in [0.15, 0.2) is 0 Å². The van der Waals surface area contributed by atoms with Crippen molar-refractivity contribution in [3.63, 3.8) is 0 Å². The first kappa shape index (κ1) is 19.0. The molecule has 4 heteroatoms. The molecule has 1 N–H and O–H groups in total. The molecular weight excluding hydrogens is 348 g/mol. The van der Waals surface area contributed by atoms with Gasteiger partial charge in [-0.3, -0.25) is 4.79 Å². The molecule has 0 atom stereocenters. The van der Waals surface area contributed by atoms with Crippen molar-refractivity contribution in [2.24, 2.45) is 5.92 Å². The number of piperidine rings is 1. The van der Waals surface area contributed by atoms with Crippen LogP contribution in [0.15, 0.2) is 54.6 Å². The smallest absolute Gasteiger partial charge is 0.255 e. The van der Waals surface area contributed by atoms with Crippen molar-refractivity contribution in [3.05, 3.63) is 60.2 Å². The van der Waals surface area contributed by atoms with Gasteiger partial charge in [0.2, 0.25) is 0 Å². The number of nitrogens with one attached hydrogen (secondary N) is 1. The SMILES string of the molecule is O=C(NCC1CCN(C2CCCC2)CC1)c1ccccc1Oc1ccccc1. The lowest BCUT2D eigenvalue weighted by Crippen LogP contribution is -2.42. The minimum atomic E-state index is -0.0512. The van der Waals surface area contributed by atoms with E-state index in [0.717, 1.165) is 18.3 Å². The van der Waals surface area contributed by atoms with Crippen LogP contribution in [0.4, 0.5) is 0 Å². The van der Waals surface area contributed by atoms with Crippen molar-refractivity contribution in [1.29, 1.82) is 0 Å². The van der Waals surface area contributed by atoms with Crippen LogP contribution >= 0.6 is 0 Å². The fourth-order valence-electron chi connectivity index (χ4n) is 4.48. The maximum absolute atomic E-state index is 12.8. The molecule has 28 heavy (non-hydrogen) atoms. The highest BCUT2D eigenvalue weighted by molar-refractivity contribution is 5.97. The number of likely N-dealkylation sites (tertiary alicyclic amines) is 1. The van der Waals surface area contributed by atoms with Crippen molar-refractivity contribution in [3.8, 4) is 11.5 Å². The Bertz CT molecular complexity index is 763. The van der Waals surface area contributed by atoms with Gasteiger partial charge in [-0.1, -0.05) is 43.2 Å². The molecule has 148 valence electrons. The Morgan fingerprint density at radius 1 is 0.929 bits per heavy atom. The second kappa shape index (κ2) is 9.24. The third kappa shape index (κ3) is 4.74. The fraction of sp³-hybridized carbons (Fsp3) is 0.458. The van der Waals surface area contributed by atoms with E-state index in [1.165, 1.54) is 51.6 Å². The standard InChI is InChI=1S/C24H30N2O2/c27-24(22-12-6-7-13-23(22)28-21-10-2-1-3-11-21)25-18-19-14-16-26(17-15-19)20-8-4-5-9-20/h1-3,6-7,10-13,19-20H,4-5,8-9,14-18H2,(H,25,27). The van der Waals surface area contributed by atoms with Crippen molar-refractivity contribution >= 4 is 5.91 Å². The monoisotopic (exact) mass is 378 g/mol. The van der Waals surface area contributed by atoms with Crippen molar-refractivity contribution in [2.45, 2.75) is 44.6 Å². The summed E-state index contributed by atoms with van der Waals surface area (Å²) in [4.78, 5) is 15.4. The van der Waals surface area contributed by atoms with Crippen LogP contribution in [0.2, 0.25) is 0 Å². The number of ether oxygens (including phenoxy) is 1. The van der Waals surface area contributed by atoms with Gasteiger partial charge in [-0.15, -0.1) is 0 Å². The maximum Gasteiger partial charge on any atom is 0.255 e. The van der Waals surface area contributed by atoms with Crippen LogP contribution in [0.3, 0.4) is 0 Å². The van der Waals surface area contributed by atoms with E-state index in [0.29, 0.717) is 17.2 Å². The largest absolute Gasteiger partial charge is 0.457 e. The number of carbonyl (C=O) groups excluding carboxylic acids is 1. The van der Waals surface area contributed by atoms with Crippen LogP contribution in [0.1, 0.15) is 48.9 Å². The minimum Gasteiger partial charge on any atom is -0.457 e. The Hall–Kier alpha value is -2.33. The summed E-state index contributed by atoms with van der Waals surface area (Å²) in [7, 11) is 0. The van der Waals surface area contributed by atoms with Gasteiger partial charge in [0.25, 0.3) is 5.91 Å². The number of hydrogen-bond acceptors (Lipinski definition) is 3. The molecule has 1 aliphatic carbocycles. The molecule has 1 aliphatic heterocycles. The number of rotatable bonds is 6. The van der Waals surface area contributed by atoms with Gasteiger partial charge < -0.3 is 15.0 Å². The van der Waals surface area contributed by atoms with Crippen LogP contribution < -0.4 is 10.1 Å². The predicted octanol–water partition coefficient (Wildman–Crippen LogP) is 4.86. The van der Waals surface area contributed by atoms with Crippen LogP contribution in [-0.2, 0) is 0 Å². The molecule has 2 aromatic rings. The number of carbonyl (C=O) groups is 1. The molecule has 1 saturated heterocycles. The molecule has 4 nitrogen and oxygen atoms in total. The quantitative estimate of drug-likeness (QED) is 0.780. The van der Waals surface area contributed by atoms with Crippen LogP contribution in [0.25, 0.3) is 0 Å². The van der Waals surface area contributed by atoms with Gasteiger partial charge >= 0.3 is 0 Å². The summed E-state index contributed by atoms with van der Waals surface area (Å²) in [6.45, 7) is 3.11. The molecule has 1 amide bonds. The van der Waals surface area contributed by atoms with E-state index in [-0.39, 0.29) is 5.91 Å². The normalized spacial score (nSPS) is 18.9. The van der Waals surface area contributed by atoms with Gasteiger partial charge in [0.05, 0.1) is 5.56 Å². The Kier molecular flexibility index (Phi) is 6.27. The van der Waals surface area contributed by atoms with Gasteiger partial charge in [-0.2, -0.15) is 0 Å². The third-order valence-electron chi connectivity index (χ3n) is 6.14. The number of benzene rings is 2. The maximum atomic E-state index is 12.8. The predicted molar refractivity (Wildman–Crippen MR) is 112 cm³/mol. The second-order valence-electron chi connectivity index (χ2n) is 8.04. The number of hydrogen-bond donors (Lipinski definition) is 1. The molecule has 0 unspecified atom stereocenters. The Balaban J connectivity index is 1.30. The minimum absolute atomic E-state index is 0.0512. The first-order valence-electron chi connectivity index (χ1n) is 10.6. The number of para-hydroxylation sites is 2. The topological polar surface area (TPSA) is 41.6 Å². The lowest BCUT2D eigenvalue weighted by Gasteiger charge is -2.36. The van der Waals surface area contributed by atoms with Crippen LogP contribution in [0, 0.1) is 5.92 Å². The highest BCUT2D eigenvalue weighted by Crippen LogP contribution is 2.28. The van der Waals surface area contributed by atoms with E-state index in [1.807, 2.05) is 54.6 Å². The average molecular weight is 379 g/mol. The van der Waals surface area contributed by atoms with Gasteiger partial charge in [-0.25, -0.2) is 0 Å². The molecule has 4 rings (SSSR count). The zero-order chi connectivity index (χ0) is 19.2. The Morgan fingerprint density at radius 3 is 2.36 bits per heavy atom. The molecule has 2 aromatic carbocycles. The highest BCUT2D eigenvalue weighted by atomic mass is 16.5. The molecular formula is C24H30N2O2. The van der Waals surface area contributed by atoms with Crippen molar-refractivity contribution < 1.29 is 9.53 Å². The zero-order valence-corrected chi connectivity index (χ0v) is 16.5. The Labute approximate surface area is 167 Å². The molecule has 2 fully saturated rings. The lowest BCUT2D eigenvalue weighted by molar-refractivity contribution is 0.0922. The molecule has 0 bridgehead atoms. The molecule has 1 saturated carbocycles. The van der Waals surface area contributed by atoms with E-state index in [9.17, 15) is 4.79 Å². The molecule has 0 spiro atoms. The summed E-state index contributed by atoms with van der Waals surface area (Å²) in [5.74, 6) is 1.86. The summed E-state index contributed by atoms with van der Waals surface area (Å²) in [5, 5.41) is 3.14. The van der Waals surface area contributed by atoms with E-state index >= 15 is 0 Å². The summed E-state index contributed by atoms with van der Waals surface area (Å²) >= 11 is 0. The molecule has 2 aliphatic rings. The van der Waals surface area contributed by atoms with E-state index in [1.54, 1.807) is 0 Å². The summed E-state index contributed by atoms with van der Waals surface area (Å²) in [6, 6.07) is 17.9. The fourth-order valence-corrected chi connectivity index (χ4v) is 4.48. The van der Waals surface area contributed by atoms with Crippen LogP contribution in [0.5, 0.6) is 11.5 Å². The average Bonchev–Trinajstić information content (AvgIpc) is 3.28. The van der Waals surface area contributed by atoms with Crippen LogP contribution in [-0.4, -0.2) is 36.5 Å². The van der Waals surface area contributed by atoms with E-state index < -0.39 is 0 Å². The third-order valence-corrected chi connectivity index (χ3v) is 6.14. The molecule has 0 radical (unpaired) electrons. The summed E-state index contributed by atoms with van der Waals surface area (Å²) < 4.78 is 5.93. The van der Waals surface area contributed by atoms with E-state index in [2.05, 4.69) is 10.2 Å². The summed E-state index contributed by atoms with van der Waals surface area (Å²) in [6.07, 6.45) is 7.90. The zero-order valence-electron chi connectivity index (χ0n) is 16.5. The van der Waals surface area contributed by atoms with E-state index in [4.69, 9.17) is 4.74 Å². The van der Waals surface area contributed by atoms with Crippen molar-refractivity contribution in [2.75, 3.05) is 19.6 Å². The van der Waals surface area contributed by atoms with Gasteiger partial charge in [-0.05, 0) is 69.0 Å². The van der Waals surface area contributed by atoms with Gasteiger partial charge in [0.1, 0.15) is 11.5 Å². The van der Waals surface area contributed by atoms with Crippen molar-refractivity contribution in [1.82, 2.24) is 10.2 Å². The number of nitrogens with zero attached hydrogens (tertiary/aromatic N) is 1. The molecule has 1 heterocycles. The number of amides is 1. The highest BCUT2D eigenvalue weighted by Gasteiger charge is 2.27. The lowest BCUT2D eigenvalue weighted by atomic mass is 9.95. The first-order chi connectivity index (χ1) is 13.8. The Morgan fingerprint density at radius 2 is 1.61 bits per heavy atom. The van der Waals surface area contributed by atoms with Gasteiger partial charge in [0, 0.05) is 12.6 Å². The second-order valence-corrected chi connectivity index (χ2v) is 8.04.